The summed E-state index contributed by atoms with van der Waals surface area (Å²) in [4.78, 5) is 0. The van der Waals surface area contributed by atoms with Crippen molar-refractivity contribution >= 4 is 26.3 Å². The van der Waals surface area contributed by atoms with Crippen LogP contribution in [0.15, 0.2) is 24.3 Å². The fraction of sp³-hybridized carbons (Fsp3) is 0.571. The average molecular weight is 314 g/mol. The summed E-state index contributed by atoms with van der Waals surface area (Å²) in [7, 11) is -2.09. The van der Waals surface area contributed by atoms with Gasteiger partial charge in [-0.25, -0.2) is 0 Å². The van der Waals surface area contributed by atoms with Crippen LogP contribution in [0.4, 0.5) is 4.53 Å². The Balaban J connectivity index is 2.13. The topological polar surface area (TPSA) is 36.9 Å². The molecule has 4 nitrogen and oxygen atoms in total. The molecule has 0 aromatic heterocycles. The summed E-state index contributed by atoms with van der Waals surface area (Å²) in [5, 5.41) is 0.676. The number of hydrogen-bond donors (Lipinski definition) is 0. The molecule has 1 aliphatic heterocycles. The van der Waals surface area contributed by atoms with Crippen LogP contribution in [0, 0.1) is 0 Å². The van der Waals surface area contributed by atoms with Crippen LogP contribution in [0.25, 0.3) is 0 Å². The first-order chi connectivity index (χ1) is 9.80. The molecule has 1 aromatic carbocycles. The minimum Gasteiger partial charge on any atom is -0.399 e. The van der Waals surface area contributed by atoms with Gasteiger partial charge < -0.3 is 13.8 Å². The molecule has 0 aliphatic carbocycles. The Labute approximate surface area is 126 Å². The summed E-state index contributed by atoms with van der Waals surface area (Å²) >= 11 is 0. The van der Waals surface area contributed by atoms with Gasteiger partial charge in [0, 0.05) is 5.30 Å². The van der Waals surface area contributed by atoms with Crippen LogP contribution in [0.3, 0.4) is 0 Å². The molecule has 0 saturated carbocycles. The van der Waals surface area contributed by atoms with Crippen molar-refractivity contribution in [3.05, 3.63) is 24.3 Å². The lowest BCUT2D eigenvalue weighted by Gasteiger charge is -2.32. The largest absolute Gasteiger partial charge is 0.494 e. The summed E-state index contributed by atoms with van der Waals surface area (Å²) in [5.74, 6) is 0. The standard InChI is InChI=1S/C14H21BFO4P/c1-6-17-21(20-16)12-9-7-11(8-10-12)15-18-13(2,3)14(4,5)19-15/h7-10H,6H2,1-5H3. The van der Waals surface area contributed by atoms with E-state index in [1.54, 1.807) is 19.1 Å². The predicted molar refractivity (Wildman–Crippen MR) is 82.5 cm³/mol. The van der Waals surface area contributed by atoms with Crippen LogP contribution in [0.1, 0.15) is 34.6 Å². The lowest BCUT2D eigenvalue weighted by Crippen LogP contribution is -2.41. The zero-order valence-corrected chi connectivity index (χ0v) is 13.9. The molecule has 0 amide bonds. The fourth-order valence-corrected chi connectivity index (χ4v) is 2.88. The van der Waals surface area contributed by atoms with Crippen molar-refractivity contribution < 1.29 is 23.1 Å². The zero-order valence-electron chi connectivity index (χ0n) is 13.1. The highest BCUT2D eigenvalue weighted by atomic mass is 31.2. The van der Waals surface area contributed by atoms with E-state index >= 15 is 0 Å². The van der Waals surface area contributed by atoms with Crippen molar-refractivity contribution in [3.63, 3.8) is 0 Å². The monoisotopic (exact) mass is 314 g/mol. The molecule has 0 spiro atoms. The predicted octanol–water partition coefficient (Wildman–Crippen LogP) is 2.86. The lowest BCUT2D eigenvalue weighted by molar-refractivity contribution is -0.00616. The van der Waals surface area contributed by atoms with Crippen molar-refractivity contribution in [1.82, 2.24) is 0 Å². The second-order valence-electron chi connectivity index (χ2n) is 5.92. The van der Waals surface area contributed by atoms with E-state index in [-0.39, 0.29) is 11.2 Å². The van der Waals surface area contributed by atoms with Crippen molar-refractivity contribution in [3.8, 4) is 0 Å². The Morgan fingerprint density at radius 2 is 1.62 bits per heavy atom. The van der Waals surface area contributed by atoms with Crippen LogP contribution in [-0.4, -0.2) is 24.9 Å². The third-order valence-corrected chi connectivity index (χ3v) is 5.28. The van der Waals surface area contributed by atoms with Crippen LogP contribution in [-0.2, 0) is 18.6 Å². The second kappa shape index (κ2) is 6.31. The van der Waals surface area contributed by atoms with E-state index in [4.69, 9.17) is 13.8 Å². The van der Waals surface area contributed by atoms with Crippen molar-refractivity contribution in [2.45, 2.75) is 45.8 Å². The molecule has 0 bridgehead atoms. The summed E-state index contributed by atoms with van der Waals surface area (Å²) in [6, 6.07) is 7.26. The Bertz CT molecular complexity index is 464. The van der Waals surface area contributed by atoms with Crippen LogP contribution in [0.5, 0.6) is 0 Å². The maximum Gasteiger partial charge on any atom is 0.494 e. The fourth-order valence-electron chi connectivity index (χ4n) is 1.98. The highest BCUT2D eigenvalue weighted by Crippen LogP contribution is 2.38. The molecule has 1 unspecified atom stereocenters. The molecule has 1 atom stereocenters. The van der Waals surface area contributed by atoms with Crippen LogP contribution in [0.2, 0.25) is 0 Å². The molecular formula is C14H21BFO4P. The van der Waals surface area contributed by atoms with Gasteiger partial charge in [0.1, 0.15) is 0 Å². The first-order valence-corrected chi connectivity index (χ1v) is 8.16. The van der Waals surface area contributed by atoms with Gasteiger partial charge in [-0.1, -0.05) is 24.3 Å². The van der Waals surface area contributed by atoms with Crippen molar-refractivity contribution in [2.75, 3.05) is 6.61 Å². The van der Waals surface area contributed by atoms with Gasteiger partial charge in [0.2, 0.25) is 8.38 Å². The molecular weight excluding hydrogens is 293 g/mol. The van der Waals surface area contributed by atoms with E-state index in [0.29, 0.717) is 11.9 Å². The Morgan fingerprint density at radius 3 is 2.05 bits per heavy atom. The summed E-state index contributed by atoms with van der Waals surface area (Å²) < 4.78 is 33.5. The van der Waals surface area contributed by atoms with Gasteiger partial charge in [-0.2, -0.15) is 0 Å². The van der Waals surface area contributed by atoms with Gasteiger partial charge >= 0.3 is 7.12 Å². The summed E-state index contributed by atoms with van der Waals surface area (Å²) in [5.41, 5.74) is 0.134. The second-order valence-corrected chi connectivity index (χ2v) is 7.35. The minimum atomic E-state index is -1.66. The molecule has 116 valence electrons. The SMILES string of the molecule is CCOP(OF)c1ccc(B2OC(C)(C)C(C)(C)O2)cc1. The Morgan fingerprint density at radius 1 is 1.10 bits per heavy atom. The van der Waals surface area contributed by atoms with E-state index in [1.165, 1.54) is 0 Å². The molecule has 0 radical (unpaired) electrons. The average Bonchev–Trinajstić information content (AvgIpc) is 2.65. The zero-order chi connectivity index (χ0) is 15.7. The molecule has 1 aliphatic rings. The van der Waals surface area contributed by atoms with E-state index in [2.05, 4.69) is 4.73 Å². The maximum atomic E-state index is 12.5. The third kappa shape index (κ3) is 3.46. The number of benzene rings is 1. The van der Waals surface area contributed by atoms with E-state index in [9.17, 15) is 4.53 Å². The number of halogens is 1. The van der Waals surface area contributed by atoms with Gasteiger partial charge in [-0.05, 0) is 44.6 Å². The molecule has 7 heteroatoms. The van der Waals surface area contributed by atoms with Gasteiger partial charge in [-0.15, -0.1) is 4.73 Å². The smallest absolute Gasteiger partial charge is 0.399 e. The molecule has 0 N–H and O–H groups in total. The third-order valence-electron chi connectivity index (χ3n) is 3.94. The summed E-state index contributed by atoms with van der Waals surface area (Å²) in [6.45, 7) is 10.2. The first-order valence-electron chi connectivity index (χ1n) is 6.98. The molecule has 21 heavy (non-hydrogen) atoms. The van der Waals surface area contributed by atoms with Crippen LogP contribution < -0.4 is 10.8 Å². The molecule has 1 aromatic rings. The maximum absolute atomic E-state index is 12.5. The number of rotatable bonds is 5. The summed E-state index contributed by atoms with van der Waals surface area (Å²) in [6.07, 6.45) is 0. The van der Waals surface area contributed by atoms with Gasteiger partial charge in [0.25, 0.3) is 0 Å². The van der Waals surface area contributed by atoms with Gasteiger partial charge in [-0.3, -0.25) is 0 Å². The Hall–Kier alpha value is -0.515. The van der Waals surface area contributed by atoms with Gasteiger partial charge in [0.15, 0.2) is 0 Å². The quantitative estimate of drug-likeness (QED) is 0.619. The highest BCUT2D eigenvalue weighted by molar-refractivity contribution is 7.55. The van der Waals surface area contributed by atoms with E-state index < -0.39 is 15.5 Å². The van der Waals surface area contributed by atoms with E-state index in [0.717, 1.165) is 5.46 Å². The Kier molecular flexibility index (Phi) is 5.06. The van der Waals surface area contributed by atoms with Gasteiger partial charge in [0.05, 0.1) is 17.8 Å². The normalized spacial score (nSPS) is 21.5. The highest BCUT2D eigenvalue weighted by Gasteiger charge is 2.51. The lowest BCUT2D eigenvalue weighted by atomic mass is 9.79. The van der Waals surface area contributed by atoms with E-state index in [1.807, 2.05) is 39.8 Å². The van der Waals surface area contributed by atoms with Crippen molar-refractivity contribution in [1.29, 1.82) is 0 Å². The van der Waals surface area contributed by atoms with Crippen molar-refractivity contribution in [2.24, 2.45) is 0 Å². The van der Waals surface area contributed by atoms with Crippen LogP contribution >= 0.6 is 8.38 Å². The molecule has 1 saturated heterocycles. The number of hydrogen-bond acceptors (Lipinski definition) is 4. The molecule has 1 heterocycles. The first kappa shape index (κ1) is 16.8. The molecule has 2 rings (SSSR count). The minimum absolute atomic E-state index is 0.379. The molecule has 1 fully saturated rings.